The lowest BCUT2D eigenvalue weighted by molar-refractivity contribution is 0.102. The van der Waals surface area contributed by atoms with Crippen LogP contribution in [0.4, 0.5) is 11.5 Å². The molecule has 0 unspecified atom stereocenters. The lowest BCUT2D eigenvalue weighted by atomic mass is 10.2. The van der Waals surface area contributed by atoms with Crippen molar-refractivity contribution in [3.63, 3.8) is 0 Å². The molecular weight excluding hydrogens is 280 g/mol. The van der Waals surface area contributed by atoms with E-state index in [0.29, 0.717) is 23.2 Å². The molecule has 2 N–H and O–H groups in total. The number of carbonyl (C=O) groups excluding carboxylic acids is 1. The van der Waals surface area contributed by atoms with Gasteiger partial charge in [-0.15, -0.1) is 0 Å². The van der Waals surface area contributed by atoms with Crippen LogP contribution in [0.15, 0.2) is 36.7 Å². The monoisotopic (exact) mass is 300 g/mol. The molecular formula is C16H20N4O2. The fourth-order valence-corrected chi connectivity index (χ4v) is 1.74. The molecule has 22 heavy (non-hydrogen) atoms. The Morgan fingerprint density at radius 1 is 1.27 bits per heavy atom. The quantitative estimate of drug-likeness (QED) is 0.858. The fraction of sp³-hybridized carbons (Fsp3) is 0.312. The van der Waals surface area contributed by atoms with Gasteiger partial charge in [0.05, 0.1) is 19.5 Å². The molecule has 0 fully saturated rings. The van der Waals surface area contributed by atoms with E-state index in [1.54, 1.807) is 31.5 Å². The molecule has 116 valence electrons. The Labute approximate surface area is 129 Å². The first-order chi connectivity index (χ1) is 10.6. The zero-order valence-corrected chi connectivity index (χ0v) is 13.0. The maximum atomic E-state index is 12.1. The molecule has 1 amide bonds. The van der Waals surface area contributed by atoms with Gasteiger partial charge in [0, 0.05) is 18.3 Å². The third kappa shape index (κ3) is 4.44. The third-order valence-electron chi connectivity index (χ3n) is 2.90. The molecule has 0 spiro atoms. The van der Waals surface area contributed by atoms with Gasteiger partial charge in [-0.05, 0) is 18.1 Å². The molecule has 1 heterocycles. The van der Waals surface area contributed by atoms with Gasteiger partial charge < -0.3 is 15.4 Å². The highest BCUT2D eigenvalue weighted by molar-refractivity contribution is 6.02. The minimum absolute atomic E-state index is 0.262. The van der Waals surface area contributed by atoms with Gasteiger partial charge in [-0.3, -0.25) is 4.79 Å². The van der Waals surface area contributed by atoms with Gasteiger partial charge in [0.2, 0.25) is 0 Å². The number of aromatic nitrogens is 2. The summed E-state index contributed by atoms with van der Waals surface area (Å²) >= 11 is 0. The van der Waals surface area contributed by atoms with Gasteiger partial charge in [-0.1, -0.05) is 19.9 Å². The van der Waals surface area contributed by atoms with Crippen LogP contribution in [0, 0.1) is 5.92 Å². The van der Waals surface area contributed by atoms with E-state index in [2.05, 4.69) is 34.4 Å². The molecule has 0 atom stereocenters. The van der Waals surface area contributed by atoms with Crippen molar-refractivity contribution in [2.24, 2.45) is 5.92 Å². The second kappa shape index (κ2) is 7.40. The third-order valence-corrected chi connectivity index (χ3v) is 2.90. The molecule has 2 aromatic rings. The second-order valence-corrected chi connectivity index (χ2v) is 5.25. The van der Waals surface area contributed by atoms with Crippen LogP contribution in [0.25, 0.3) is 0 Å². The number of benzene rings is 1. The molecule has 6 nitrogen and oxygen atoms in total. The summed E-state index contributed by atoms with van der Waals surface area (Å²) in [7, 11) is 1.58. The summed E-state index contributed by atoms with van der Waals surface area (Å²) in [5.74, 6) is 1.54. The molecule has 0 saturated carbocycles. The van der Waals surface area contributed by atoms with Crippen molar-refractivity contribution in [3.8, 4) is 5.75 Å². The molecule has 2 rings (SSSR count). The molecule has 6 heteroatoms. The first kappa shape index (κ1) is 15.8. The molecule has 1 aromatic heterocycles. The van der Waals surface area contributed by atoms with Gasteiger partial charge >= 0.3 is 0 Å². The Hall–Kier alpha value is -2.63. The number of nitrogens with one attached hydrogen (secondary N) is 2. The van der Waals surface area contributed by atoms with E-state index in [1.807, 2.05) is 6.07 Å². The standard InChI is InChI=1S/C16H20N4O2/c1-11(2)8-18-15-10-17-14(9-19-15)16(21)20-12-5-4-6-13(7-12)22-3/h4-7,9-11H,8H2,1-3H3,(H,18,19)(H,20,21). The van der Waals surface area contributed by atoms with Crippen LogP contribution in [0.1, 0.15) is 24.3 Å². The Kier molecular flexibility index (Phi) is 5.30. The summed E-state index contributed by atoms with van der Waals surface area (Å²) in [6.07, 6.45) is 3.01. The largest absolute Gasteiger partial charge is 0.497 e. The summed E-state index contributed by atoms with van der Waals surface area (Å²) in [6, 6.07) is 7.14. The Morgan fingerprint density at radius 2 is 2.09 bits per heavy atom. The van der Waals surface area contributed by atoms with Crippen LogP contribution >= 0.6 is 0 Å². The molecule has 0 saturated heterocycles. The predicted molar refractivity (Wildman–Crippen MR) is 86.3 cm³/mol. The summed E-state index contributed by atoms with van der Waals surface area (Å²) in [6.45, 7) is 5.02. The maximum absolute atomic E-state index is 12.1. The molecule has 0 aliphatic heterocycles. The highest BCUT2D eigenvalue weighted by Crippen LogP contribution is 2.17. The first-order valence-corrected chi connectivity index (χ1v) is 7.10. The van der Waals surface area contributed by atoms with E-state index in [1.165, 1.54) is 6.20 Å². The number of amides is 1. The lowest BCUT2D eigenvalue weighted by Crippen LogP contribution is -2.15. The van der Waals surface area contributed by atoms with Crippen molar-refractivity contribution in [2.45, 2.75) is 13.8 Å². The molecule has 0 aliphatic rings. The highest BCUT2D eigenvalue weighted by atomic mass is 16.5. The summed E-state index contributed by atoms with van der Waals surface area (Å²) in [4.78, 5) is 20.4. The van der Waals surface area contributed by atoms with Crippen molar-refractivity contribution < 1.29 is 9.53 Å². The van der Waals surface area contributed by atoms with Crippen LogP contribution in [-0.2, 0) is 0 Å². The topological polar surface area (TPSA) is 76.1 Å². The number of carbonyl (C=O) groups is 1. The summed E-state index contributed by atoms with van der Waals surface area (Å²) in [5, 5.41) is 5.91. The van der Waals surface area contributed by atoms with Crippen LogP contribution in [0.2, 0.25) is 0 Å². The number of rotatable bonds is 6. The Bertz CT molecular complexity index is 626. The van der Waals surface area contributed by atoms with E-state index < -0.39 is 0 Å². The van der Waals surface area contributed by atoms with Crippen molar-refractivity contribution >= 4 is 17.4 Å². The minimum Gasteiger partial charge on any atom is -0.497 e. The van der Waals surface area contributed by atoms with Crippen molar-refractivity contribution in [1.82, 2.24) is 9.97 Å². The Morgan fingerprint density at radius 3 is 2.73 bits per heavy atom. The Balaban J connectivity index is 2.00. The van der Waals surface area contributed by atoms with Crippen LogP contribution < -0.4 is 15.4 Å². The van der Waals surface area contributed by atoms with E-state index in [9.17, 15) is 4.79 Å². The van der Waals surface area contributed by atoms with E-state index in [4.69, 9.17) is 4.74 Å². The van der Waals surface area contributed by atoms with Gasteiger partial charge in [-0.25, -0.2) is 9.97 Å². The molecule has 0 aliphatic carbocycles. The van der Waals surface area contributed by atoms with Crippen LogP contribution in [0.3, 0.4) is 0 Å². The average molecular weight is 300 g/mol. The lowest BCUT2D eigenvalue weighted by Gasteiger charge is -2.09. The van der Waals surface area contributed by atoms with Gasteiger partial charge in [0.15, 0.2) is 0 Å². The molecule has 1 aromatic carbocycles. The van der Waals surface area contributed by atoms with E-state index >= 15 is 0 Å². The maximum Gasteiger partial charge on any atom is 0.275 e. The van der Waals surface area contributed by atoms with E-state index in [-0.39, 0.29) is 11.6 Å². The molecule has 0 bridgehead atoms. The predicted octanol–water partition coefficient (Wildman–Crippen LogP) is 2.81. The zero-order valence-electron chi connectivity index (χ0n) is 13.0. The van der Waals surface area contributed by atoms with Crippen molar-refractivity contribution in [2.75, 3.05) is 24.3 Å². The fourth-order valence-electron chi connectivity index (χ4n) is 1.74. The smallest absolute Gasteiger partial charge is 0.275 e. The van der Waals surface area contributed by atoms with Crippen molar-refractivity contribution in [1.29, 1.82) is 0 Å². The van der Waals surface area contributed by atoms with Gasteiger partial charge in [0.1, 0.15) is 17.3 Å². The number of hydrogen-bond acceptors (Lipinski definition) is 5. The number of ether oxygens (including phenoxy) is 1. The summed E-state index contributed by atoms with van der Waals surface area (Å²) in [5.41, 5.74) is 0.908. The zero-order chi connectivity index (χ0) is 15.9. The molecule has 0 radical (unpaired) electrons. The van der Waals surface area contributed by atoms with Gasteiger partial charge in [0.25, 0.3) is 5.91 Å². The van der Waals surface area contributed by atoms with Crippen molar-refractivity contribution in [3.05, 3.63) is 42.4 Å². The number of nitrogens with zero attached hydrogens (tertiary/aromatic N) is 2. The average Bonchev–Trinajstić information content (AvgIpc) is 2.53. The van der Waals surface area contributed by atoms with Crippen LogP contribution in [-0.4, -0.2) is 29.5 Å². The highest BCUT2D eigenvalue weighted by Gasteiger charge is 2.09. The minimum atomic E-state index is -0.309. The summed E-state index contributed by atoms with van der Waals surface area (Å²) < 4.78 is 5.12. The number of anilines is 2. The van der Waals surface area contributed by atoms with Crippen LogP contribution in [0.5, 0.6) is 5.75 Å². The number of hydrogen-bond donors (Lipinski definition) is 2. The number of methoxy groups -OCH3 is 1. The SMILES string of the molecule is COc1cccc(NC(=O)c2cnc(NCC(C)C)cn2)c1. The van der Waals surface area contributed by atoms with E-state index in [0.717, 1.165) is 6.54 Å². The second-order valence-electron chi connectivity index (χ2n) is 5.25. The first-order valence-electron chi connectivity index (χ1n) is 7.10. The normalized spacial score (nSPS) is 10.4. The van der Waals surface area contributed by atoms with Gasteiger partial charge in [-0.2, -0.15) is 0 Å².